The number of nitrogens with two attached hydrogens (primary N) is 1. The Balaban J connectivity index is 2.06. The molecule has 2 aromatic rings. The van der Waals surface area contributed by atoms with Crippen molar-refractivity contribution in [3.8, 4) is 0 Å². The van der Waals surface area contributed by atoms with Gasteiger partial charge in [-0.1, -0.05) is 13.0 Å². The van der Waals surface area contributed by atoms with Crippen LogP contribution in [0, 0.1) is 11.6 Å². The SMILES string of the molecule is CCCn1cc(C(N)Cc2ccc(F)c(F)c2)cn1. The minimum absolute atomic E-state index is 0.268. The van der Waals surface area contributed by atoms with Crippen LogP contribution in [0.2, 0.25) is 0 Å². The smallest absolute Gasteiger partial charge is 0.159 e. The first-order valence-electron chi connectivity index (χ1n) is 6.32. The van der Waals surface area contributed by atoms with Gasteiger partial charge in [0.2, 0.25) is 0 Å². The zero-order valence-electron chi connectivity index (χ0n) is 10.8. The van der Waals surface area contributed by atoms with Crippen LogP contribution in [0.1, 0.15) is 30.5 Å². The third kappa shape index (κ3) is 3.38. The van der Waals surface area contributed by atoms with E-state index in [2.05, 4.69) is 12.0 Å². The quantitative estimate of drug-likeness (QED) is 0.903. The molecule has 0 amide bonds. The summed E-state index contributed by atoms with van der Waals surface area (Å²) in [7, 11) is 0. The van der Waals surface area contributed by atoms with Crippen molar-refractivity contribution in [2.75, 3.05) is 0 Å². The zero-order valence-corrected chi connectivity index (χ0v) is 10.8. The van der Waals surface area contributed by atoms with Crippen LogP contribution in [-0.4, -0.2) is 9.78 Å². The number of nitrogens with zero attached hydrogens (tertiary/aromatic N) is 2. The number of rotatable bonds is 5. The normalized spacial score (nSPS) is 12.6. The molecule has 0 bridgehead atoms. The second kappa shape index (κ2) is 5.93. The van der Waals surface area contributed by atoms with Gasteiger partial charge in [0, 0.05) is 24.3 Å². The van der Waals surface area contributed by atoms with Gasteiger partial charge in [-0.05, 0) is 30.5 Å². The molecule has 5 heteroatoms. The van der Waals surface area contributed by atoms with Gasteiger partial charge in [0.05, 0.1) is 6.20 Å². The van der Waals surface area contributed by atoms with Gasteiger partial charge in [0.25, 0.3) is 0 Å². The topological polar surface area (TPSA) is 43.8 Å². The monoisotopic (exact) mass is 265 g/mol. The van der Waals surface area contributed by atoms with E-state index in [0.717, 1.165) is 24.6 Å². The van der Waals surface area contributed by atoms with E-state index < -0.39 is 11.6 Å². The molecule has 0 aliphatic carbocycles. The summed E-state index contributed by atoms with van der Waals surface area (Å²) in [5, 5.41) is 4.20. The van der Waals surface area contributed by atoms with E-state index >= 15 is 0 Å². The lowest BCUT2D eigenvalue weighted by Gasteiger charge is -2.09. The molecule has 0 fully saturated rings. The first-order chi connectivity index (χ1) is 9.10. The fourth-order valence-corrected chi connectivity index (χ4v) is 1.96. The molecule has 0 saturated carbocycles. The van der Waals surface area contributed by atoms with Crippen molar-refractivity contribution in [2.24, 2.45) is 5.73 Å². The molecule has 0 aliphatic heterocycles. The average molecular weight is 265 g/mol. The van der Waals surface area contributed by atoms with E-state index in [1.54, 1.807) is 12.3 Å². The Morgan fingerprint density at radius 1 is 1.32 bits per heavy atom. The van der Waals surface area contributed by atoms with Crippen LogP contribution in [0.25, 0.3) is 0 Å². The number of aryl methyl sites for hydroxylation is 1. The summed E-state index contributed by atoms with van der Waals surface area (Å²) in [5.41, 5.74) is 7.63. The molecule has 1 atom stereocenters. The molecule has 0 saturated heterocycles. The zero-order chi connectivity index (χ0) is 13.8. The highest BCUT2D eigenvalue weighted by Gasteiger charge is 2.11. The molecule has 0 aliphatic rings. The van der Waals surface area contributed by atoms with Crippen molar-refractivity contribution in [3.05, 3.63) is 53.4 Å². The van der Waals surface area contributed by atoms with E-state index in [1.165, 1.54) is 6.07 Å². The van der Waals surface area contributed by atoms with Crippen LogP contribution in [0.4, 0.5) is 8.78 Å². The lowest BCUT2D eigenvalue weighted by Crippen LogP contribution is -2.13. The van der Waals surface area contributed by atoms with E-state index in [-0.39, 0.29) is 6.04 Å². The van der Waals surface area contributed by atoms with Crippen LogP contribution in [-0.2, 0) is 13.0 Å². The molecule has 3 nitrogen and oxygen atoms in total. The van der Waals surface area contributed by atoms with E-state index in [4.69, 9.17) is 5.73 Å². The summed E-state index contributed by atoms with van der Waals surface area (Å²) in [6, 6.07) is 3.59. The molecular weight excluding hydrogens is 248 g/mol. The van der Waals surface area contributed by atoms with Gasteiger partial charge in [-0.15, -0.1) is 0 Å². The van der Waals surface area contributed by atoms with Crippen LogP contribution in [0.5, 0.6) is 0 Å². The van der Waals surface area contributed by atoms with E-state index in [9.17, 15) is 8.78 Å². The Bertz CT molecular complexity index is 551. The Morgan fingerprint density at radius 2 is 2.11 bits per heavy atom. The third-order valence-corrected chi connectivity index (χ3v) is 2.97. The Labute approximate surface area is 111 Å². The van der Waals surface area contributed by atoms with Gasteiger partial charge < -0.3 is 5.73 Å². The summed E-state index contributed by atoms with van der Waals surface area (Å²) in [5.74, 6) is -1.68. The number of aromatic nitrogens is 2. The summed E-state index contributed by atoms with van der Waals surface area (Å²) in [6.45, 7) is 2.92. The Hall–Kier alpha value is -1.75. The number of hydrogen-bond acceptors (Lipinski definition) is 2. The average Bonchev–Trinajstić information content (AvgIpc) is 2.83. The molecule has 1 heterocycles. The molecule has 2 rings (SSSR count). The maximum Gasteiger partial charge on any atom is 0.159 e. The maximum absolute atomic E-state index is 13.1. The van der Waals surface area contributed by atoms with Gasteiger partial charge in [0.15, 0.2) is 11.6 Å². The van der Waals surface area contributed by atoms with Crippen LogP contribution in [0.15, 0.2) is 30.6 Å². The van der Waals surface area contributed by atoms with Crippen molar-refractivity contribution in [1.29, 1.82) is 0 Å². The van der Waals surface area contributed by atoms with Crippen LogP contribution >= 0.6 is 0 Å². The molecule has 0 radical (unpaired) electrons. The predicted octanol–water partition coefficient (Wildman–Crippen LogP) is 2.81. The second-order valence-corrected chi connectivity index (χ2v) is 4.60. The molecule has 0 spiro atoms. The molecule has 19 heavy (non-hydrogen) atoms. The van der Waals surface area contributed by atoms with Crippen LogP contribution in [0.3, 0.4) is 0 Å². The fraction of sp³-hybridized carbons (Fsp3) is 0.357. The summed E-state index contributed by atoms with van der Waals surface area (Å²) < 4.78 is 27.8. The summed E-state index contributed by atoms with van der Waals surface area (Å²) >= 11 is 0. The third-order valence-electron chi connectivity index (χ3n) is 2.97. The fourth-order valence-electron chi connectivity index (χ4n) is 1.96. The second-order valence-electron chi connectivity index (χ2n) is 4.60. The van der Waals surface area contributed by atoms with Gasteiger partial charge >= 0.3 is 0 Å². The van der Waals surface area contributed by atoms with Crippen molar-refractivity contribution < 1.29 is 8.78 Å². The summed E-state index contributed by atoms with van der Waals surface area (Å²) in [4.78, 5) is 0. The van der Waals surface area contributed by atoms with Crippen molar-refractivity contribution in [3.63, 3.8) is 0 Å². The Morgan fingerprint density at radius 3 is 2.79 bits per heavy atom. The lowest BCUT2D eigenvalue weighted by molar-refractivity contribution is 0.506. The molecule has 1 aromatic heterocycles. The Kier molecular flexibility index (Phi) is 4.27. The molecule has 1 aromatic carbocycles. The largest absolute Gasteiger partial charge is 0.324 e. The molecule has 1 unspecified atom stereocenters. The standard InChI is InChI=1S/C14H17F2N3/c1-2-5-19-9-11(8-18-19)14(17)7-10-3-4-12(15)13(16)6-10/h3-4,6,8-9,14H,2,5,7,17H2,1H3. The highest BCUT2D eigenvalue weighted by atomic mass is 19.2. The number of benzene rings is 1. The minimum Gasteiger partial charge on any atom is -0.324 e. The van der Waals surface area contributed by atoms with Gasteiger partial charge in [-0.25, -0.2) is 8.78 Å². The summed E-state index contributed by atoms with van der Waals surface area (Å²) in [6.07, 6.45) is 5.07. The number of halogens is 2. The molecule has 2 N–H and O–H groups in total. The van der Waals surface area contributed by atoms with Gasteiger partial charge in [0.1, 0.15) is 0 Å². The van der Waals surface area contributed by atoms with Gasteiger partial charge in [-0.3, -0.25) is 4.68 Å². The number of hydrogen-bond donors (Lipinski definition) is 1. The highest BCUT2D eigenvalue weighted by Crippen LogP contribution is 2.17. The van der Waals surface area contributed by atoms with Crippen molar-refractivity contribution >= 4 is 0 Å². The molecular formula is C14H17F2N3. The van der Waals surface area contributed by atoms with Crippen molar-refractivity contribution in [1.82, 2.24) is 9.78 Å². The lowest BCUT2D eigenvalue weighted by atomic mass is 10.0. The van der Waals surface area contributed by atoms with Crippen molar-refractivity contribution in [2.45, 2.75) is 32.4 Å². The highest BCUT2D eigenvalue weighted by molar-refractivity contribution is 5.21. The van der Waals surface area contributed by atoms with Gasteiger partial charge in [-0.2, -0.15) is 5.10 Å². The molecule has 102 valence electrons. The maximum atomic E-state index is 13.1. The van der Waals surface area contributed by atoms with Crippen LogP contribution < -0.4 is 5.73 Å². The first kappa shape index (κ1) is 13.7. The first-order valence-corrected chi connectivity index (χ1v) is 6.32. The van der Waals surface area contributed by atoms with E-state index in [1.807, 2.05) is 10.9 Å². The minimum atomic E-state index is -0.841. The predicted molar refractivity (Wildman–Crippen MR) is 69.5 cm³/mol. The van der Waals surface area contributed by atoms with E-state index in [0.29, 0.717) is 12.0 Å².